The fraction of sp³-hybridized carbons (Fsp3) is 0.250. The summed E-state index contributed by atoms with van der Waals surface area (Å²) in [6.07, 6.45) is 2.82. The Hall–Kier alpha value is -1.75. The Morgan fingerprint density at radius 2 is 2.36 bits per heavy atom. The molecule has 0 bridgehead atoms. The second-order valence-electron chi connectivity index (χ2n) is 3.15. The lowest BCUT2D eigenvalue weighted by atomic mass is 10.1. The average molecular weight is 186 g/mol. The van der Waals surface area contributed by atoms with Crippen LogP contribution in [0.15, 0.2) is 30.9 Å². The lowest BCUT2D eigenvalue weighted by Crippen LogP contribution is -2.00. The van der Waals surface area contributed by atoms with Gasteiger partial charge in [-0.25, -0.2) is 0 Å². The number of rotatable bonds is 4. The van der Waals surface area contributed by atoms with Gasteiger partial charge in [0.05, 0.1) is 11.6 Å². The largest absolute Gasteiger partial charge is 0.385 e. The van der Waals surface area contributed by atoms with E-state index in [-0.39, 0.29) is 0 Å². The molecule has 0 spiro atoms. The van der Waals surface area contributed by atoms with E-state index in [4.69, 9.17) is 5.26 Å². The van der Waals surface area contributed by atoms with Gasteiger partial charge in [0, 0.05) is 12.2 Å². The molecule has 0 aliphatic heterocycles. The van der Waals surface area contributed by atoms with Crippen LogP contribution < -0.4 is 5.32 Å². The summed E-state index contributed by atoms with van der Waals surface area (Å²) in [5.41, 5.74) is 2.80. The van der Waals surface area contributed by atoms with E-state index in [2.05, 4.69) is 18.0 Å². The van der Waals surface area contributed by atoms with Gasteiger partial charge in [-0.1, -0.05) is 6.08 Å². The topological polar surface area (TPSA) is 35.8 Å². The van der Waals surface area contributed by atoms with Gasteiger partial charge in [-0.15, -0.1) is 6.58 Å². The fourth-order valence-electron chi connectivity index (χ4n) is 1.22. The van der Waals surface area contributed by atoms with Crippen LogP contribution in [0.25, 0.3) is 0 Å². The predicted molar refractivity (Wildman–Crippen MR) is 59.2 cm³/mol. The van der Waals surface area contributed by atoms with Crippen LogP contribution in [-0.4, -0.2) is 6.54 Å². The maximum atomic E-state index is 8.74. The van der Waals surface area contributed by atoms with Crippen molar-refractivity contribution in [2.45, 2.75) is 13.3 Å². The van der Waals surface area contributed by atoms with E-state index in [0.29, 0.717) is 0 Å². The van der Waals surface area contributed by atoms with E-state index in [1.54, 1.807) is 0 Å². The summed E-state index contributed by atoms with van der Waals surface area (Å²) in [6, 6.07) is 7.90. The van der Waals surface area contributed by atoms with E-state index < -0.39 is 0 Å². The third-order valence-corrected chi connectivity index (χ3v) is 2.02. The van der Waals surface area contributed by atoms with Crippen molar-refractivity contribution in [2.75, 3.05) is 11.9 Å². The zero-order chi connectivity index (χ0) is 10.4. The molecule has 0 fully saturated rings. The van der Waals surface area contributed by atoms with Gasteiger partial charge in [0.25, 0.3) is 0 Å². The molecule has 0 radical (unpaired) electrons. The molecular formula is C12H14N2. The first kappa shape index (κ1) is 10.3. The number of benzene rings is 1. The molecule has 0 heterocycles. The fourth-order valence-corrected chi connectivity index (χ4v) is 1.22. The number of hydrogen-bond donors (Lipinski definition) is 1. The standard InChI is InChI=1S/C12H14N2/c1-3-4-7-14-12-6-5-11(9-13)10(2)8-12/h3,5-6,8,14H,1,4,7H2,2H3. The summed E-state index contributed by atoms with van der Waals surface area (Å²) in [6.45, 7) is 6.48. The van der Waals surface area contributed by atoms with E-state index >= 15 is 0 Å². The van der Waals surface area contributed by atoms with Crippen molar-refractivity contribution < 1.29 is 0 Å². The van der Waals surface area contributed by atoms with Gasteiger partial charge in [0.2, 0.25) is 0 Å². The molecule has 0 saturated heterocycles. The molecule has 2 heteroatoms. The zero-order valence-electron chi connectivity index (χ0n) is 8.38. The average Bonchev–Trinajstić information content (AvgIpc) is 2.18. The molecule has 0 amide bonds. The monoisotopic (exact) mass is 186 g/mol. The van der Waals surface area contributed by atoms with Gasteiger partial charge in [0.15, 0.2) is 0 Å². The number of hydrogen-bond acceptors (Lipinski definition) is 2. The van der Waals surface area contributed by atoms with Crippen LogP contribution in [0.5, 0.6) is 0 Å². The minimum absolute atomic E-state index is 0.735. The second kappa shape index (κ2) is 5.08. The molecule has 0 atom stereocenters. The minimum Gasteiger partial charge on any atom is -0.385 e. The van der Waals surface area contributed by atoms with Crippen molar-refractivity contribution in [3.05, 3.63) is 42.0 Å². The summed E-state index contributed by atoms with van der Waals surface area (Å²) in [5.74, 6) is 0. The summed E-state index contributed by atoms with van der Waals surface area (Å²) in [4.78, 5) is 0. The molecule has 0 aliphatic carbocycles. The summed E-state index contributed by atoms with van der Waals surface area (Å²) < 4.78 is 0. The van der Waals surface area contributed by atoms with Crippen LogP contribution >= 0.6 is 0 Å². The number of nitriles is 1. The maximum Gasteiger partial charge on any atom is 0.0994 e. The summed E-state index contributed by atoms with van der Waals surface area (Å²) in [5, 5.41) is 12.0. The molecule has 1 aromatic rings. The van der Waals surface area contributed by atoms with Gasteiger partial charge < -0.3 is 5.32 Å². The molecule has 1 aromatic carbocycles. The Balaban J connectivity index is 2.67. The molecule has 0 unspecified atom stereocenters. The number of nitrogens with one attached hydrogen (secondary N) is 1. The third kappa shape index (κ3) is 2.63. The SMILES string of the molecule is C=CCCNc1ccc(C#N)c(C)c1. The van der Waals surface area contributed by atoms with E-state index in [1.165, 1.54) is 0 Å². The quantitative estimate of drug-likeness (QED) is 0.579. The first-order chi connectivity index (χ1) is 6.77. The highest BCUT2D eigenvalue weighted by atomic mass is 14.9. The molecule has 1 N–H and O–H groups in total. The van der Waals surface area contributed by atoms with Crippen molar-refractivity contribution in [1.29, 1.82) is 5.26 Å². The highest BCUT2D eigenvalue weighted by Crippen LogP contribution is 2.14. The zero-order valence-corrected chi connectivity index (χ0v) is 8.38. The number of nitrogens with zero attached hydrogens (tertiary/aromatic N) is 1. The van der Waals surface area contributed by atoms with Gasteiger partial charge >= 0.3 is 0 Å². The highest BCUT2D eigenvalue weighted by Gasteiger charge is 1.97. The second-order valence-corrected chi connectivity index (χ2v) is 3.15. The van der Waals surface area contributed by atoms with Gasteiger partial charge in [0.1, 0.15) is 0 Å². The Labute approximate surface area is 84.9 Å². The Morgan fingerprint density at radius 1 is 1.57 bits per heavy atom. The molecule has 0 aromatic heterocycles. The molecule has 1 rings (SSSR count). The highest BCUT2D eigenvalue weighted by molar-refractivity contribution is 5.51. The van der Waals surface area contributed by atoms with Gasteiger partial charge in [-0.2, -0.15) is 5.26 Å². The molecule has 2 nitrogen and oxygen atoms in total. The van der Waals surface area contributed by atoms with Crippen LogP contribution in [0.3, 0.4) is 0 Å². The van der Waals surface area contributed by atoms with Crippen LogP contribution in [-0.2, 0) is 0 Å². The molecular weight excluding hydrogens is 172 g/mol. The summed E-state index contributed by atoms with van der Waals surface area (Å²) >= 11 is 0. The lowest BCUT2D eigenvalue weighted by Gasteiger charge is -2.06. The number of anilines is 1. The van der Waals surface area contributed by atoms with Crippen LogP contribution in [0.2, 0.25) is 0 Å². The molecule has 72 valence electrons. The molecule has 14 heavy (non-hydrogen) atoms. The maximum absolute atomic E-state index is 8.74. The van der Waals surface area contributed by atoms with Crippen molar-refractivity contribution in [3.8, 4) is 6.07 Å². The predicted octanol–water partition coefficient (Wildman–Crippen LogP) is 2.85. The van der Waals surface area contributed by atoms with Gasteiger partial charge in [-0.05, 0) is 37.1 Å². The third-order valence-electron chi connectivity index (χ3n) is 2.02. The van der Waals surface area contributed by atoms with Crippen molar-refractivity contribution in [3.63, 3.8) is 0 Å². The van der Waals surface area contributed by atoms with Gasteiger partial charge in [-0.3, -0.25) is 0 Å². The lowest BCUT2D eigenvalue weighted by molar-refractivity contribution is 1.07. The first-order valence-corrected chi connectivity index (χ1v) is 4.63. The van der Waals surface area contributed by atoms with E-state index in [1.807, 2.05) is 31.2 Å². The minimum atomic E-state index is 0.735. The Morgan fingerprint density at radius 3 is 2.93 bits per heavy atom. The van der Waals surface area contributed by atoms with E-state index in [0.717, 1.165) is 29.8 Å². The van der Waals surface area contributed by atoms with Crippen LogP contribution in [0.4, 0.5) is 5.69 Å². The van der Waals surface area contributed by atoms with Crippen molar-refractivity contribution >= 4 is 5.69 Å². The van der Waals surface area contributed by atoms with Crippen molar-refractivity contribution in [2.24, 2.45) is 0 Å². The molecule has 0 saturated carbocycles. The Bertz CT molecular complexity index is 361. The molecule has 0 aliphatic rings. The number of aryl methyl sites for hydroxylation is 1. The first-order valence-electron chi connectivity index (χ1n) is 4.63. The van der Waals surface area contributed by atoms with Crippen LogP contribution in [0.1, 0.15) is 17.5 Å². The Kier molecular flexibility index (Phi) is 3.75. The van der Waals surface area contributed by atoms with Crippen molar-refractivity contribution in [1.82, 2.24) is 0 Å². The van der Waals surface area contributed by atoms with Crippen LogP contribution in [0, 0.1) is 18.3 Å². The summed E-state index contributed by atoms with van der Waals surface area (Å²) in [7, 11) is 0. The smallest absolute Gasteiger partial charge is 0.0994 e. The normalized spacial score (nSPS) is 9.14. The van der Waals surface area contributed by atoms with E-state index in [9.17, 15) is 0 Å².